The first kappa shape index (κ1) is 22.0. The molecule has 0 spiro atoms. The predicted molar refractivity (Wildman–Crippen MR) is 135 cm³/mol. The number of benzene rings is 3. The van der Waals surface area contributed by atoms with E-state index in [0.717, 1.165) is 28.4 Å². The molecule has 0 bridgehead atoms. The molecule has 1 aliphatic heterocycles. The molecular weight excluding hydrogens is 472 g/mol. The van der Waals surface area contributed by atoms with Crippen molar-refractivity contribution >= 4 is 46.1 Å². The van der Waals surface area contributed by atoms with Gasteiger partial charge < -0.3 is 20.3 Å². The number of nitrogens with one attached hydrogen (secondary N) is 1. The van der Waals surface area contributed by atoms with Gasteiger partial charge in [-0.05, 0) is 53.8 Å². The van der Waals surface area contributed by atoms with E-state index < -0.39 is 5.91 Å². The third-order valence-electron chi connectivity index (χ3n) is 5.68. The lowest BCUT2D eigenvalue weighted by molar-refractivity contribution is -0.110. The highest BCUT2D eigenvalue weighted by atomic mass is 35.5. The Balaban J connectivity index is 1.57. The normalized spacial score (nSPS) is 14.0. The van der Waals surface area contributed by atoms with E-state index in [4.69, 9.17) is 16.3 Å². The van der Waals surface area contributed by atoms with Crippen LogP contribution in [0.2, 0.25) is 5.02 Å². The second-order valence-corrected chi connectivity index (χ2v) is 9.03. The SMILES string of the molecule is COc1cccc(-c2ccc(-c3cc4c(cc3Cl)NC(=O)C4=C(O)c3cc(C)ns3)cc2)c1O. The summed E-state index contributed by atoms with van der Waals surface area (Å²) < 4.78 is 9.39. The van der Waals surface area contributed by atoms with Crippen LogP contribution >= 0.6 is 23.1 Å². The lowest BCUT2D eigenvalue weighted by atomic mass is 9.96. The number of fused-ring (bicyclic) bond motifs is 1. The molecule has 3 N–H and O–H groups in total. The van der Waals surface area contributed by atoms with Gasteiger partial charge in [0, 0.05) is 16.7 Å². The standard InChI is InChI=1S/C26H19ClN2O4S/c1-13-10-22(34-29-13)25(31)23-18-11-17(19(27)12-20(18)28-26(23)32)15-8-6-14(7-9-15)16-4-3-5-21(33-2)24(16)30/h3-12,30-31H,1-2H3,(H,28,32). The molecule has 5 rings (SSSR count). The van der Waals surface area contributed by atoms with Crippen LogP contribution in [0.4, 0.5) is 5.69 Å². The number of nitrogens with zero attached hydrogens (tertiary/aromatic N) is 1. The van der Waals surface area contributed by atoms with Crippen LogP contribution in [0.5, 0.6) is 11.5 Å². The Kier molecular flexibility index (Phi) is 5.51. The molecular formula is C26H19ClN2O4S. The first-order chi connectivity index (χ1) is 16.4. The van der Waals surface area contributed by atoms with E-state index >= 15 is 0 Å². The van der Waals surface area contributed by atoms with Gasteiger partial charge in [-0.25, -0.2) is 0 Å². The minimum atomic E-state index is -0.393. The van der Waals surface area contributed by atoms with Crippen molar-refractivity contribution in [1.29, 1.82) is 0 Å². The van der Waals surface area contributed by atoms with Crippen LogP contribution in [0.1, 0.15) is 16.1 Å². The molecule has 2 heterocycles. The summed E-state index contributed by atoms with van der Waals surface area (Å²) in [4.78, 5) is 13.2. The van der Waals surface area contributed by atoms with Crippen molar-refractivity contribution in [2.75, 3.05) is 12.4 Å². The van der Waals surface area contributed by atoms with Crippen LogP contribution in [0.3, 0.4) is 0 Å². The number of aryl methyl sites for hydroxylation is 1. The molecule has 0 radical (unpaired) electrons. The van der Waals surface area contributed by atoms with Crippen LogP contribution in [-0.4, -0.2) is 27.6 Å². The third-order valence-corrected chi connectivity index (χ3v) is 6.88. The molecule has 0 fully saturated rings. The molecule has 34 heavy (non-hydrogen) atoms. The highest BCUT2D eigenvalue weighted by Crippen LogP contribution is 2.43. The smallest absolute Gasteiger partial charge is 0.260 e. The quantitative estimate of drug-likeness (QED) is 0.223. The van der Waals surface area contributed by atoms with Gasteiger partial charge in [0.15, 0.2) is 11.5 Å². The summed E-state index contributed by atoms with van der Waals surface area (Å²) >= 11 is 7.70. The average molecular weight is 491 g/mol. The number of methoxy groups -OCH3 is 1. The summed E-state index contributed by atoms with van der Waals surface area (Å²) in [5, 5.41) is 24.5. The van der Waals surface area contributed by atoms with Crippen LogP contribution in [0.15, 0.2) is 60.7 Å². The fraction of sp³-hybridized carbons (Fsp3) is 0.0769. The van der Waals surface area contributed by atoms with Gasteiger partial charge in [-0.3, -0.25) is 4.79 Å². The van der Waals surface area contributed by atoms with Gasteiger partial charge >= 0.3 is 0 Å². The zero-order valence-corrected chi connectivity index (χ0v) is 19.8. The number of aliphatic hydroxyl groups is 1. The molecule has 6 nitrogen and oxygen atoms in total. The lowest BCUT2D eigenvalue weighted by Gasteiger charge is -2.11. The number of anilines is 1. The van der Waals surface area contributed by atoms with Gasteiger partial charge in [0.05, 0.1) is 34.0 Å². The van der Waals surface area contributed by atoms with E-state index in [9.17, 15) is 15.0 Å². The number of aromatic nitrogens is 1. The minimum absolute atomic E-state index is 0.0708. The van der Waals surface area contributed by atoms with Crippen molar-refractivity contribution in [2.45, 2.75) is 6.92 Å². The van der Waals surface area contributed by atoms with E-state index in [2.05, 4.69) is 9.69 Å². The Labute approximate surface area is 204 Å². The van der Waals surface area contributed by atoms with Crippen molar-refractivity contribution in [2.24, 2.45) is 0 Å². The Morgan fingerprint density at radius 3 is 2.38 bits per heavy atom. The molecule has 1 amide bonds. The molecule has 0 saturated heterocycles. The van der Waals surface area contributed by atoms with Crippen molar-refractivity contribution in [3.63, 3.8) is 0 Å². The van der Waals surface area contributed by atoms with Gasteiger partial charge in [-0.15, -0.1) is 0 Å². The summed E-state index contributed by atoms with van der Waals surface area (Å²) in [5.41, 5.74) is 5.07. The highest BCUT2D eigenvalue weighted by molar-refractivity contribution is 7.07. The summed E-state index contributed by atoms with van der Waals surface area (Å²) in [6.45, 7) is 1.83. The topological polar surface area (TPSA) is 91.7 Å². The Bertz CT molecular complexity index is 1470. The number of phenolic OH excluding ortho intramolecular Hbond substituents is 1. The van der Waals surface area contributed by atoms with E-state index in [0.29, 0.717) is 38.0 Å². The predicted octanol–water partition coefficient (Wildman–Crippen LogP) is 6.53. The van der Waals surface area contributed by atoms with Gasteiger partial charge in [-0.2, -0.15) is 4.37 Å². The van der Waals surface area contributed by atoms with Crippen LogP contribution in [0.25, 0.3) is 33.6 Å². The number of halogens is 1. The number of carbonyl (C=O) groups is 1. The number of aliphatic hydroxyl groups excluding tert-OH is 1. The van der Waals surface area contributed by atoms with E-state index in [-0.39, 0.29) is 17.1 Å². The third kappa shape index (κ3) is 3.69. The number of amides is 1. The number of hydrogen-bond acceptors (Lipinski definition) is 6. The molecule has 0 aliphatic carbocycles. The summed E-state index contributed by atoms with van der Waals surface area (Å²) in [5.74, 6) is -0.0354. The Morgan fingerprint density at radius 2 is 1.74 bits per heavy atom. The van der Waals surface area contributed by atoms with Gasteiger partial charge in [0.25, 0.3) is 5.91 Å². The van der Waals surface area contributed by atoms with Crippen LogP contribution in [-0.2, 0) is 4.79 Å². The fourth-order valence-electron chi connectivity index (χ4n) is 3.99. The summed E-state index contributed by atoms with van der Waals surface area (Å²) in [6.07, 6.45) is 0. The molecule has 0 unspecified atom stereocenters. The average Bonchev–Trinajstić information content (AvgIpc) is 3.40. The number of rotatable bonds is 4. The molecule has 1 aromatic heterocycles. The van der Waals surface area contributed by atoms with E-state index in [1.165, 1.54) is 7.11 Å². The molecule has 170 valence electrons. The maximum atomic E-state index is 12.7. The monoisotopic (exact) mass is 490 g/mol. The van der Waals surface area contributed by atoms with Crippen LogP contribution < -0.4 is 10.1 Å². The highest BCUT2D eigenvalue weighted by Gasteiger charge is 2.30. The number of aromatic hydroxyl groups is 1. The molecule has 0 atom stereocenters. The van der Waals surface area contributed by atoms with Gasteiger partial charge in [0.1, 0.15) is 5.76 Å². The van der Waals surface area contributed by atoms with E-state index in [1.54, 1.807) is 24.3 Å². The van der Waals surface area contributed by atoms with Crippen LogP contribution in [0, 0.1) is 6.92 Å². The molecule has 3 aromatic carbocycles. The van der Waals surface area contributed by atoms with Crippen molar-refractivity contribution in [1.82, 2.24) is 4.37 Å². The molecule has 0 saturated carbocycles. The van der Waals surface area contributed by atoms with Crippen molar-refractivity contribution < 1.29 is 19.7 Å². The second kappa shape index (κ2) is 8.52. The number of phenols is 1. The zero-order valence-electron chi connectivity index (χ0n) is 18.2. The summed E-state index contributed by atoms with van der Waals surface area (Å²) in [6, 6.07) is 18.1. The number of carbonyl (C=O) groups excluding carboxylic acids is 1. The fourth-order valence-corrected chi connectivity index (χ4v) is 4.97. The van der Waals surface area contributed by atoms with Gasteiger partial charge in [-0.1, -0.05) is 48.0 Å². The maximum Gasteiger partial charge on any atom is 0.260 e. The number of para-hydroxylation sites is 1. The second-order valence-electron chi connectivity index (χ2n) is 7.82. The number of hydrogen-bond donors (Lipinski definition) is 3. The summed E-state index contributed by atoms with van der Waals surface area (Å²) in [7, 11) is 1.51. The lowest BCUT2D eigenvalue weighted by Crippen LogP contribution is -2.05. The molecule has 1 aliphatic rings. The largest absolute Gasteiger partial charge is 0.506 e. The van der Waals surface area contributed by atoms with Gasteiger partial charge in [0.2, 0.25) is 0 Å². The Morgan fingerprint density at radius 1 is 1.03 bits per heavy atom. The van der Waals surface area contributed by atoms with Crippen molar-refractivity contribution in [3.05, 3.63) is 81.8 Å². The first-order valence-corrected chi connectivity index (χ1v) is 11.5. The molecule has 4 aromatic rings. The zero-order chi connectivity index (χ0) is 24.0. The first-order valence-electron chi connectivity index (χ1n) is 10.4. The maximum absolute atomic E-state index is 12.7. The van der Waals surface area contributed by atoms with Crippen molar-refractivity contribution in [3.8, 4) is 33.8 Å². The molecule has 8 heteroatoms. The number of ether oxygens (including phenoxy) is 1. The van der Waals surface area contributed by atoms with E-state index in [1.807, 2.05) is 43.3 Å². The Hall–Kier alpha value is -3.81. The minimum Gasteiger partial charge on any atom is -0.506 e.